The molecule has 7 nitrogen and oxygen atoms in total. The molecule has 3 aromatic rings. The minimum Gasteiger partial charge on any atom is -0.481 e. The Hall–Kier alpha value is -2.84. The zero-order valence-corrected chi connectivity index (χ0v) is 12.4. The normalized spacial score (nSPS) is 11.2. The van der Waals surface area contributed by atoms with Gasteiger partial charge in [0.1, 0.15) is 5.69 Å². The molecular weight excluding hydrogens is 308 g/mol. The first-order valence-corrected chi connectivity index (χ1v) is 6.71. The molecule has 0 radical (unpaired) electrons. The predicted molar refractivity (Wildman–Crippen MR) is 75.1 cm³/mol. The molecule has 9 heteroatoms. The first-order valence-electron chi connectivity index (χ1n) is 6.71. The monoisotopic (exact) mass is 321 g/mol. The Balaban J connectivity index is 1.81. The van der Waals surface area contributed by atoms with Gasteiger partial charge in [-0.1, -0.05) is 5.16 Å². The highest BCUT2D eigenvalue weighted by Crippen LogP contribution is 2.24. The lowest BCUT2D eigenvalue weighted by Gasteiger charge is -2.00. The van der Waals surface area contributed by atoms with Gasteiger partial charge >= 0.3 is 0 Å². The van der Waals surface area contributed by atoms with E-state index in [1.54, 1.807) is 18.3 Å². The van der Waals surface area contributed by atoms with Crippen molar-refractivity contribution in [1.29, 1.82) is 0 Å². The summed E-state index contributed by atoms with van der Waals surface area (Å²) in [7, 11) is 2.96. The summed E-state index contributed by atoms with van der Waals surface area (Å²) in [6, 6.07) is 4.79. The molecule has 0 aliphatic heterocycles. The molecule has 0 spiro atoms. The number of ether oxygens (including phenoxy) is 1. The van der Waals surface area contributed by atoms with Gasteiger partial charge in [-0.15, -0.1) is 0 Å². The van der Waals surface area contributed by atoms with E-state index in [1.165, 1.54) is 20.2 Å². The third-order valence-corrected chi connectivity index (χ3v) is 3.20. The van der Waals surface area contributed by atoms with Crippen LogP contribution in [0.2, 0.25) is 0 Å². The Kier molecular flexibility index (Phi) is 4.00. The fourth-order valence-electron chi connectivity index (χ4n) is 2.07. The van der Waals surface area contributed by atoms with Crippen molar-refractivity contribution in [3.63, 3.8) is 0 Å². The van der Waals surface area contributed by atoms with Crippen molar-refractivity contribution >= 4 is 0 Å². The summed E-state index contributed by atoms with van der Waals surface area (Å²) in [5, 5.41) is 7.80. The highest BCUT2D eigenvalue weighted by atomic mass is 19.3. The molecule has 0 saturated carbocycles. The average Bonchev–Trinajstić information content (AvgIpc) is 3.14. The highest BCUT2D eigenvalue weighted by molar-refractivity contribution is 5.47. The molecule has 0 bridgehead atoms. The van der Waals surface area contributed by atoms with Crippen molar-refractivity contribution in [2.75, 3.05) is 7.11 Å². The van der Waals surface area contributed by atoms with Gasteiger partial charge in [-0.05, 0) is 17.7 Å². The maximum Gasteiger partial charge on any atom is 0.280 e. The average molecular weight is 321 g/mol. The lowest BCUT2D eigenvalue weighted by molar-refractivity contribution is 0.141. The zero-order chi connectivity index (χ0) is 16.4. The van der Waals surface area contributed by atoms with E-state index in [1.807, 2.05) is 0 Å². The molecule has 0 aromatic carbocycles. The van der Waals surface area contributed by atoms with Crippen LogP contribution in [-0.2, 0) is 13.5 Å². The maximum absolute atomic E-state index is 12.8. The number of halogens is 2. The maximum atomic E-state index is 12.8. The second-order valence-electron chi connectivity index (χ2n) is 4.78. The van der Waals surface area contributed by atoms with Crippen molar-refractivity contribution in [3.05, 3.63) is 41.5 Å². The van der Waals surface area contributed by atoms with E-state index in [-0.39, 0.29) is 17.3 Å². The van der Waals surface area contributed by atoms with Gasteiger partial charge in [0, 0.05) is 25.7 Å². The van der Waals surface area contributed by atoms with Gasteiger partial charge < -0.3 is 9.26 Å². The summed E-state index contributed by atoms with van der Waals surface area (Å²) >= 11 is 0. The summed E-state index contributed by atoms with van der Waals surface area (Å²) in [5.41, 5.74) is 0.894. The van der Waals surface area contributed by atoms with E-state index in [4.69, 9.17) is 9.26 Å². The van der Waals surface area contributed by atoms with E-state index in [9.17, 15) is 8.78 Å². The van der Waals surface area contributed by atoms with Crippen LogP contribution in [0.5, 0.6) is 5.88 Å². The van der Waals surface area contributed by atoms with Crippen molar-refractivity contribution in [2.24, 2.45) is 7.05 Å². The first kappa shape index (κ1) is 15.1. The SMILES string of the molecule is COc1cc(Cc2noc(-c3cc(C(F)F)n(C)n3)n2)ccn1. The number of nitrogens with zero attached hydrogens (tertiary/aromatic N) is 5. The molecular formula is C14H13F2N5O2. The number of methoxy groups -OCH3 is 1. The summed E-state index contributed by atoms with van der Waals surface area (Å²) in [4.78, 5) is 8.20. The smallest absolute Gasteiger partial charge is 0.280 e. The van der Waals surface area contributed by atoms with Crippen molar-refractivity contribution in [1.82, 2.24) is 24.9 Å². The molecule has 3 rings (SSSR count). The number of aryl methyl sites for hydroxylation is 1. The van der Waals surface area contributed by atoms with E-state index in [0.29, 0.717) is 18.1 Å². The third-order valence-electron chi connectivity index (χ3n) is 3.20. The van der Waals surface area contributed by atoms with Crippen LogP contribution in [0.25, 0.3) is 11.6 Å². The standard InChI is InChI=1S/C14H13F2N5O2/c1-21-10(13(15)16)7-9(19-21)14-18-11(20-23-14)5-8-3-4-17-12(6-8)22-2/h3-4,6-7,13H,5H2,1-2H3. The minimum absolute atomic E-state index is 0.100. The van der Waals surface area contributed by atoms with Crippen LogP contribution in [0.4, 0.5) is 8.78 Å². The van der Waals surface area contributed by atoms with Crippen molar-refractivity contribution < 1.29 is 18.0 Å². The van der Waals surface area contributed by atoms with Crippen LogP contribution in [0.15, 0.2) is 28.9 Å². The Morgan fingerprint density at radius 2 is 2.17 bits per heavy atom. The van der Waals surface area contributed by atoms with Crippen LogP contribution in [0.3, 0.4) is 0 Å². The van der Waals surface area contributed by atoms with Gasteiger partial charge in [-0.25, -0.2) is 13.8 Å². The molecule has 0 atom stereocenters. The number of rotatable bonds is 5. The summed E-state index contributed by atoms with van der Waals surface area (Å²) in [5.74, 6) is 0.999. The molecule has 0 aliphatic carbocycles. The number of aromatic nitrogens is 5. The van der Waals surface area contributed by atoms with Crippen LogP contribution in [0, 0.1) is 0 Å². The van der Waals surface area contributed by atoms with Gasteiger partial charge in [0.15, 0.2) is 11.5 Å². The van der Waals surface area contributed by atoms with Crippen molar-refractivity contribution in [3.8, 4) is 17.5 Å². The highest BCUT2D eigenvalue weighted by Gasteiger charge is 2.19. The second-order valence-corrected chi connectivity index (χ2v) is 4.78. The molecule has 0 N–H and O–H groups in total. The Bertz CT molecular complexity index is 815. The Morgan fingerprint density at radius 3 is 2.87 bits per heavy atom. The topological polar surface area (TPSA) is 78.9 Å². The van der Waals surface area contributed by atoms with E-state index in [0.717, 1.165) is 10.2 Å². The molecule has 0 saturated heterocycles. The molecule has 23 heavy (non-hydrogen) atoms. The molecule has 0 aliphatic rings. The van der Waals surface area contributed by atoms with E-state index >= 15 is 0 Å². The molecule has 3 aromatic heterocycles. The fraction of sp³-hybridized carbons (Fsp3) is 0.286. The summed E-state index contributed by atoms with van der Waals surface area (Å²) < 4.78 is 36.8. The Morgan fingerprint density at radius 1 is 1.35 bits per heavy atom. The Labute approximate surface area is 129 Å². The molecule has 120 valence electrons. The van der Waals surface area contributed by atoms with Crippen molar-refractivity contribution in [2.45, 2.75) is 12.8 Å². The van der Waals surface area contributed by atoms with Crippen LogP contribution in [-0.4, -0.2) is 32.0 Å². The van der Waals surface area contributed by atoms with Gasteiger partial charge in [0.25, 0.3) is 12.3 Å². The number of hydrogen-bond acceptors (Lipinski definition) is 6. The van der Waals surface area contributed by atoms with E-state index < -0.39 is 6.43 Å². The lowest BCUT2D eigenvalue weighted by atomic mass is 10.2. The van der Waals surface area contributed by atoms with E-state index in [2.05, 4.69) is 20.2 Å². The van der Waals surface area contributed by atoms with Crippen LogP contribution in [0.1, 0.15) is 23.5 Å². The molecule has 0 amide bonds. The van der Waals surface area contributed by atoms with Gasteiger partial charge in [0.2, 0.25) is 5.88 Å². The molecule has 3 heterocycles. The quantitative estimate of drug-likeness (QED) is 0.718. The van der Waals surface area contributed by atoms with Gasteiger partial charge in [0.05, 0.1) is 7.11 Å². The summed E-state index contributed by atoms with van der Waals surface area (Å²) in [6.45, 7) is 0. The predicted octanol–water partition coefficient (Wildman–Crippen LogP) is 2.40. The van der Waals surface area contributed by atoms with Crippen LogP contribution >= 0.6 is 0 Å². The minimum atomic E-state index is -2.62. The number of pyridine rings is 1. The molecule has 0 unspecified atom stereocenters. The second kappa shape index (κ2) is 6.11. The molecule has 0 fully saturated rings. The lowest BCUT2D eigenvalue weighted by Crippen LogP contribution is -1.97. The largest absolute Gasteiger partial charge is 0.481 e. The zero-order valence-electron chi connectivity index (χ0n) is 12.4. The van der Waals surface area contributed by atoms with Gasteiger partial charge in [-0.3, -0.25) is 4.68 Å². The van der Waals surface area contributed by atoms with Gasteiger partial charge in [-0.2, -0.15) is 10.1 Å². The number of alkyl halides is 2. The third kappa shape index (κ3) is 3.17. The first-order chi connectivity index (χ1) is 11.1. The fourth-order valence-corrected chi connectivity index (χ4v) is 2.07. The number of hydrogen-bond donors (Lipinski definition) is 0. The summed E-state index contributed by atoms with van der Waals surface area (Å²) in [6.07, 6.45) is -0.604. The van der Waals surface area contributed by atoms with Crippen LogP contribution < -0.4 is 4.74 Å².